The van der Waals surface area contributed by atoms with Crippen molar-refractivity contribution in [3.05, 3.63) is 17.2 Å². The predicted molar refractivity (Wildman–Crippen MR) is 74.0 cm³/mol. The third-order valence-electron chi connectivity index (χ3n) is 5.09. The Labute approximate surface area is 122 Å². The van der Waals surface area contributed by atoms with Crippen LogP contribution >= 0.6 is 0 Å². The molecular weight excluding hydrogens is 279 g/mol. The molecule has 21 heavy (non-hydrogen) atoms. The molecule has 0 saturated heterocycles. The first-order valence-corrected chi connectivity index (χ1v) is 7.73. The third-order valence-corrected chi connectivity index (χ3v) is 5.09. The zero-order chi connectivity index (χ0) is 15.2. The fraction of sp³-hybridized carbons (Fsp3) is 0.800. The van der Waals surface area contributed by atoms with Crippen molar-refractivity contribution in [1.29, 1.82) is 0 Å². The second-order valence-electron chi connectivity index (χ2n) is 6.52. The van der Waals surface area contributed by atoms with Crippen molar-refractivity contribution in [3.8, 4) is 0 Å². The molecule has 2 N–H and O–H groups in total. The first-order valence-electron chi connectivity index (χ1n) is 7.73. The van der Waals surface area contributed by atoms with E-state index in [2.05, 4.69) is 4.57 Å². The zero-order valence-corrected chi connectivity index (χ0v) is 12.3. The monoisotopic (exact) mass is 301 g/mol. The highest BCUT2D eigenvalue weighted by atomic mass is 19.4. The molecule has 1 saturated carbocycles. The van der Waals surface area contributed by atoms with Gasteiger partial charge in [-0.05, 0) is 38.5 Å². The fourth-order valence-electron chi connectivity index (χ4n) is 3.80. The van der Waals surface area contributed by atoms with E-state index < -0.39 is 12.1 Å². The molecule has 0 bridgehead atoms. The van der Waals surface area contributed by atoms with E-state index in [1.54, 1.807) is 0 Å². The number of hydrogen-bond donors (Lipinski definition) is 1. The standard InChI is InChI=1S/C15H22F3N3/c1-21-13-7-6-11(19)8-12(13)20-14(21)9-2-4-10(5-3-9)15(16,17)18/h9-11H,2-8,19H2,1H3. The maximum absolute atomic E-state index is 12.7. The highest BCUT2D eigenvalue weighted by Gasteiger charge is 2.42. The summed E-state index contributed by atoms with van der Waals surface area (Å²) >= 11 is 0. The normalized spacial score (nSPS) is 30.2. The molecule has 1 atom stereocenters. The van der Waals surface area contributed by atoms with Crippen LogP contribution in [-0.2, 0) is 19.9 Å². The molecule has 1 unspecified atom stereocenters. The molecule has 0 aliphatic heterocycles. The van der Waals surface area contributed by atoms with Crippen molar-refractivity contribution in [2.24, 2.45) is 18.7 Å². The Bertz CT molecular complexity index is 513. The molecule has 0 amide bonds. The van der Waals surface area contributed by atoms with Gasteiger partial charge in [-0.15, -0.1) is 0 Å². The molecule has 1 aromatic heterocycles. The largest absolute Gasteiger partial charge is 0.391 e. The molecule has 2 aliphatic rings. The summed E-state index contributed by atoms with van der Waals surface area (Å²) in [7, 11) is 1.99. The van der Waals surface area contributed by atoms with Crippen molar-refractivity contribution < 1.29 is 13.2 Å². The van der Waals surface area contributed by atoms with E-state index in [1.165, 1.54) is 5.69 Å². The van der Waals surface area contributed by atoms with Gasteiger partial charge < -0.3 is 10.3 Å². The quantitative estimate of drug-likeness (QED) is 0.866. The maximum atomic E-state index is 12.7. The first-order chi connectivity index (χ1) is 9.86. The van der Waals surface area contributed by atoms with Crippen LogP contribution in [0.4, 0.5) is 13.2 Å². The molecule has 1 fully saturated rings. The summed E-state index contributed by atoms with van der Waals surface area (Å²) in [5, 5.41) is 0. The van der Waals surface area contributed by atoms with Crippen molar-refractivity contribution in [2.45, 2.75) is 63.1 Å². The van der Waals surface area contributed by atoms with Gasteiger partial charge in [-0.25, -0.2) is 4.98 Å². The number of rotatable bonds is 1. The molecule has 1 heterocycles. The van der Waals surface area contributed by atoms with Crippen LogP contribution in [0.15, 0.2) is 0 Å². The van der Waals surface area contributed by atoms with Crippen molar-refractivity contribution >= 4 is 0 Å². The Morgan fingerprint density at radius 2 is 1.81 bits per heavy atom. The van der Waals surface area contributed by atoms with Gasteiger partial charge in [-0.3, -0.25) is 0 Å². The summed E-state index contributed by atoms with van der Waals surface area (Å²) in [6.07, 6.45) is 0.265. The molecule has 0 aromatic carbocycles. The van der Waals surface area contributed by atoms with Crippen LogP contribution in [0.3, 0.4) is 0 Å². The van der Waals surface area contributed by atoms with Crippen LogP contribution < -0.4 is 5.73 Å². The smallest absolute Gasteiger partial charge is 0.335 e. The lowest BCUT2D eigenvalue weighted by Crippen LogP contribution is -2.28. The van der Waals surface area contributed by atoms with Gasteiger partial charge in [-0.2, -0.15) is 13.2 Å². The second-order valence-corrected chi connectivity index (χ2v) is 6.52. The summed E-state index contributed by atoms with van der Waals surface area (Å²) in [5.41, 5.74) is 8.27. The third kappa shape index (κ3) is 2.82. The van der Waals surface area contributed by atoms with E-state index in [9.17, 15) is 13.2 Å². The van der Waals surface area contributed by atoms with Crippen LogP contribution in [0, 0.1) is 5.92 Å². The van der Waals surface area contributed by atoms with Crippen LogP contribution in [0.2, 0.25) is 0 Å². The lowest BCUT2D eigenvalue weighted by molar-refractivity contribution is -0.182. The molecule has 1 aromatic rings. The zero-order valence-electron chi connectivity index (χ0n) is 12.3. The van der Waals surface area contributed by atoms with Gasteiger partial charge >= 0.3 is 6.18 Å². The molecule has 3 rings (SSSR count). The van der Waals surface area contributed by atoms with Crippen LogP contribution in [-0.4, -0.2) is 21.8 Å². The Balaban J connectivity index is 1.74. The van der Waals surface area contributed by atoms with E-state index in [-0.39, 0.29) is 24.8 Å². The average Bonchev–Trinajstić information content (AvgIpc) is 2.74. The average molecular weight is 301 g/mol. The van der Waals surface area contributed by atoms with Gasteiger partial charge in [0.25, 0.3) is 0 Å². The van der Waals surface area contributed by atoms with Gasteiger partial charge in [0, 0.05) is 31.1 Å². The summed E-state index contributed by atoms with van der Waals surface area (Å²) < 4.78 is 40.3. The number of nitrogens with zero attached hydrogens (tertiary/aromatic N) is 2. The molecular formula is C15H22F3N3. The number of hydrogen-bond acceptors (Lipinski definition) is 2. The maximum Gasteiger partial charge on any atom is 0.391 e. The Morgan fingerprint density at radius 1 is 1.14 bits per heavy atom. The highest BCUT2D eigenvalue weighted by Crippen LogP contribution is 2.43. The number of imidazole rings is 1. The minimum Gasteiger partial charge on any atom is -0.335 e. The number of aromatic nitrogens is 2. The second kappa shape index (κ2) is 5.30. The Hall–Kier alpha value is -1.04. The first kappa shape index (κ1) is 14.9. The summed E-state index contributed by atoms with van der Waals surface area (Å²) in [6.45, 7) is 0. The van der Waals surface area contributed by atoms with Crippen LogP contribution in [0.25, 0.3) is 0 Å². The van der Waals surface area contributed by atoms with Gasteiger partial charge in [0.15, 0.2) is 0 Å². The summed E-state index contributed by atoms with van der Waals surface area (Å²) in [4.78, 5) is 4.71. The molecule has 2 aliphatic carbocycles. The number of nitrogens with two attached hydrogens (primary N) is 1. The summed E-state index contributed by atoms with van der Waals surface area (Å²) in [5.74, 6) is 0.00205. The lowest BCUT2D eigenvalue weighted by Gasteiger charge is -2.29. The van der Waals surface area contributed by atoms with Crippen molar-refractivity contribution in [3.63, 3.8) is 0 Å². The van der Waals surface area contributed by atoms with E-state index in [0.717, 1.165) is 30.8 Å². The fourth-order valence-corrected chi connectivity index (χ4v) is 3.80. The molecule has 0 spiro atoms. The molecule has 118 valence electrons. The SMILES string of the molecule is Cn1c(C2CCC(C(F)(F)F)CC2)nc2c1CCC(N)C2. The Morgan fingerprint density at radius 3 is 2.43 bits per heavy atom. The van der Waals surface area contributed by atoms with Gasteiger partial charge in [0.05, 0.1) is 11.6 Å². The minimum absolute atomic E-state index is 0.162. The van der Waals surface area contributed by atoms with Crippen molar-refractivity contribution in [1.82, 2.24) is 9.55 Å². The van der Waals surface area contributed by atoms with E-state index >= 15 is 0 Å². The molecule has 0 radical (unpaired) electrons. The lowest BCUT2D eigenvalue weighted by atomic mass is 9.81. The van der Waals surface area contributed by atoms with Gasteiger partial charge in [-0.1, -0.05) is 0 Å². The topological polar surface area (TPSA) is 43.8 Å². The predicted octanol–water partition coefficient (Wildman–Crippen LogP) is 3.07. The van der Waals surface area contributed by atoms with Gasteiger partial charge in [0.2, 0.25) is 0 Å². The Kier molecular flexibility index (Phi) is 3.76. The minimum atomic E-state index is -4.04. The highest BCUT2D eigenvalue weighted by molar-refractivity contribution is 5.23. The van der Waals surface area contributed by atoms with E-state index in [4.69, 9.17) is 10.7 Å². The number of halogens is 3. The van der Waals surface area contributed by atoms with E-state index in [1.807, 2.05) is 7.05 Å². The van der Waals surface area contributed by atoms with Gasteiger partial charge in [0.1, 0.15) is 5.82 Å². The van der Waals surface area contributed by atoms with E-state index in [0.29, 0.717) is 12.8 Å². The van der Waals surface area contributed by atoms with Crippen LogP contribution in [0.5, 0.6) is 0 Å². The van der Waals surface area contributed by atoms with Crippen LogP contribution in [0.1, 0.15) is 55.2 Å². The van der Waals surface area contributed by atoms with Crippen molar-refractivity contribution in [2.75, 3.05) is 0 Å². The summed E-state index contributed by atoms with van der Waals surface area (Å²) in [6, 6.07) is 0.168. The number of fused-ring (bicyclic) bond motifs is 1. The molecule has 3 nitrogen and oxygen atoms in total. The molecule has 6 heteroatoms. The number of alkyl halides is 3.